The number of amides is 1. The Kier molecular flexibility index (Phi) is 5.58. The lowest BCUT2D eigenvalue weighted by Gasteiger charge is -2.31. The fraction of sp³-hybridized carbons (Fsp3) is 0.385. The molecule has 1 saturated heterocycles. The normalized spacial score (nSPS) is 19.3. The van der Waals surface area contributed by atoms with Crippen LogP contribution in [0.4, 0.5) is 4.39 Å². The highest BCUT2D eigenvalue weighted by Gasteiger charge is 2.28. The molecule has 1 amide bonds. The van der Waals surface area contributed by atoms with E-state index < -0.39 is 0 Å². The molecule has 0 spiro atoms. The van der Waals surface area contributed by atoms with Gasteiger partial charge in [0.15, 0.2) is 0 Å². The molecule has 0 aliphatic carbocycles. The van der Waals surface area contributed by atoms with Crippen LogP contribution >= 0.6 is 0 Å². The van der Waals surface area contributed by atoms with Crippen molar-refractivity contribution in [3.63, 3.8) is 0 Å². The van der Waals surface area contributed by atoms with Crippen LogP contribution < -0.4 is 0 Å². The zero-order chi connectivity index (χ0) is 21.2. The SMILES string of the molecule is O=C(c1cn2c(n1)CCC(c1cccc(F)c1)C2)N1CCC(Cc2ccccc2)CC1. The first-order valence-corrected chi connectivity index (χ1v) is 11.3. The maximum Gasteiger partial charge on any atom is 0.274 e. The van der Waals surface area contributed by atoms with Gasteiger partial charge in [-0.05, 0) is 54.9 Å². The third-order valence-corrected chi connectivity index (χ3v) is 6.80. The van der Waals surface area contributed by atoms with E-state index in [1.54, 1.807) is 12.1 Å². The molecule has 3 aromatic rings. The van der Waals surface area contributed by atoms with E-state index in [4.69, 9.17) is 0 Å². The van der Waals surface area contributed by atoms with Crippen LogP contribution in [-0.4, -0.2) is 33.4 Å². The van der Waals surface area contributed by atoms with E-state index in [0.717, 1.165) is 63.1 Å². The number of imidazole rings is 1. The van der Waals surface area contributed by atoms with Gasteiger partial charge in [0, 0.05) is 38.2 Å². The maximum absolute atomic E-state index is 13.6. The van der Waals surface area contributed by atoms with Crippen molar-refractivity contribution in [2.24, 2.45) is 5.92 Å². The Morgan fingerprint density at radius 1 is 1.03 bits per heavy atom. The van der Waals surface area contributed by atoms with Crippen LogP contribution in [-0.2, 0) is 19.4 Å². The number of aryl methyl sites for hydroxylation is 1. The monoisotopic (exact) mass is 417 g/mol. The van der Waals surface area contributed by atoms with Crippen molar-refractivity contribution in [3.8, 4) is 0 Å². The molecular formula is C26H28FN3O. The van der Waals surface area contributed by atoms with Crippen molar-refractivity contribution in [1.29, 1.82) is 0 Å². The van der Waals surface area contributed by atoms with Gasteiger partial charge in [-0.1, -0.05) is 42.5 Å². The number of carbonyl (C=O) groups excluding carboxylic acids is 1. The van der Waals surface area contributed by atoms with Crippen molar-refractivity contribution in [1.82, 2.24) is 14.5 Å². The Labute approximate surface area is 182 Å². The quantitative estimate of drug-likeness (QED) is 0.609. The molecule has 4 nitrogen and oxygen atoms in total. The lowest BCUT2D eigenvalue weighted by Crippen LogP contribution is -2.39. The second-order valence-corrected chi connectivity index (χ2v) is 8.91. The number of fused-ring (bicyclic) bond motifs is 1. The summed E-state index contributed by atoms with van der Waals surface area (Å²) in [5.74, 6) is 1.71. The summed E-state index contributed by atoms with van der Waals surface area (Å²) < 4.78 is 15.7. The summed E-state index contributed by atoms with van der Waals surface area (Å²) in [4.78, 5) is 19.7. The fourth-order valence-electron chi connectivity index (χ4n) is 5.03. The van der Waals surface area contributed by atoms with E-state index in [1.165, 1.54) is 11.6 Å². The van der Waals surface area contributed by atoms with Gasteiger partial charge in [-0.2, -0.15) is 0 Å². The van der Waals surface area contributed by atoms with Crippen LogP contribution in [0.15, 0.2) is 60.8 Å². The number of likely N-dealkylation sites (tertiary alicyclic amines) is 1. The number of aromatic nitrogens is 2. The van der Waals surface area contributed by atoms with Gasteiger partial charge >= 0.3 is 0 Å². The summed E-state index contributed by atoms with van der Waals surface area (Å²) in [5.41, 5.74) is 2.95. The Hall–Kier alpha value is -2.95. The van der Waals surface area contributed by atoms with Gasteiger partial charge in [-0.3, -0.25) is 4.79 Å². The predicted octanol–water partition coefficient (Wildman–Crippen LogP) is 4.85. The number of halogens is 1. The smallest absolute Gasteiger partial charge is 0.274 e. The molecule has 2 aliphatic heterocycles. The standard InChI is InChI=1S/C26H28FN3O/c27-23-8-4-7-21(16-23)22-9-10-25-28-24(18-30(25)17-22)26(31)29-13-11-20(12-14-29)15-19-5-2-1-3-6-19/h1-8,16,18,20,22H,9-15,17H2. The molecular weight excluding hydrogens is 389 g/mol. The summed E-state index contributed by atoms with van der Waals surface area (Å²) in [6.45, 7) is 2.34. The average Bonchev–Trinajstić information content (AvgIpc) is 3.23. The minimum Gasteiger partial charge on any atom is -0.337 e. The molecule has 0 bridgehead atoms. The minimum absolute atomic E-state index is 0.0439. The van der Waals surface area contributed by atoms with Gasteiger partial charge in [-0.25, -0.2) is 9.37 Å². The largest absolute Gasteiger partial charge is 0.337 e. The minimum atomic E-state index is -0.194. The predicted molar refractivity (Wildman–Crippen MR) is 118 cm³/mol. The zero-order valence-electron chi connectivity index (χ0n) is 17.7. The Morgan fingerprint density at radius 2 is 1.84 bits per heavy atom. The van der Waals surface area contributed by atoms with Crippen molar-refractivity contribution in [3.05, 3.63) is 89.3 Å². The molecule has 5 heteroatoms. The lowest BCUT2D eigenvalue weighted by molar-refractivity contribution is 0.0685. The number of benzene rings is 2. The van der Waals surface area contributed by atoms with E-state index in [1.807, 2.05) is 17.2 Å². The van der Waals surface area contributed by atoms with E-state index in [0.29, 0.717) is 11.6 Å². The third kappa shape index (κ3) is 4.41. The van der Waals surface area contributed by atoms with Gasteiger partial charge in [0.1, 0.15) is 17.3 Å². The second kappa shape index (κ2) is 8.66. The summed E-state index contributed by atoms with van der Waals surface area (Å²) >= 11 is 0. The Bertz CT molecular complexity index is 1050. The summed E-state index contributed by atoms with van der Waals surface area (Å²) in [5, 5.41) is 0. The number of rotatable bonds is 4. The number of piperidine rings is 1. The van der Waals surface area contributed by atoms with E-state index >= 15 is 0 Å². The molecule has 2 aliphatic rings. The van der Waals surface area contributed by atoms with Crippen molar-refractivity contribution >= 4 is 5.91 Å². The first kappa shape index (κ1) is 20.0. The highest BCUT2D eigenvalue weighted by molar-refractivity contribution is 5.92. The Balaban J connectivity index is 1.21. The molecule has 1 fully saturated rings. The number of hydrogen-bond acceptors (Lipinski definition) is 2. The molecule has 1 aromatic heterocycles. The third-order valence-electron chi connectivity index (χ3n) is 6.80. The summed E-state index contributed by atoms with van der Waals surface area (Å²) in [7, 11) is 0. The summed E-state index contributed by atoms with van der Waals surface area (Å²) in [6.07, 6.45) is 6.81. The van der Waals surface area contributed by atoms with Crippen LogP contribution in [0.3, 0.4) is 0 Å². The maximum atomic E-state index is 13.6. The van der Waals surface area contributed by atoms with Crippen LogP contribution in [0, 0.1) is 11.7 Å². The molecule has 31 heavy (non-hydrogen) atoms. The molecule has 160 valence electrons. The lowest BCUT2D eigenvalue weighted by atomic mass is 9.90. The first-order valence-electron chi connectivity index (χ1n) is 11.3. The van der Waals surface area contributed by atoms with Crippen LogP contribution in [0.1, 0.15) is 52.6 Å². The fourth-order valence-corrected chi connectivity index (χ4v) is 5.03. The zero-order valence-corrected chi connectivity index (χ0v) is 17.7. The molecule has 0 saturated carbocycles. The van der Waals surface area contributed by atoms with Crippen LogP contribution in [0.25, 0.3) is 0 Å². The molecule has 0 N–H and O–H groups in total. The van der Waals surface area contributed by atoms with Crippen LogP contribution in [0.2, 0.25) is 0 Å². The van der Waals surface area contributed by atoms with Crippen LogP contribution in [0.5, 0.6) is 0 Å². The van der Waals surface area contributed by atoms with Crippen molar-refractivity contribution in [2.45, 2.75) is 44.6 Å². The molecule has 0 radical (unpaired) electrons. The molecule has 5 rings (SSSR count). The summed E-state index contributed by atoms with van der Waals surface area (Å²) in [6, 6.07) is 17.5. The van der Waals surface area contributed by atoms with Crippen molar-refractivity contribution < 1.29 is 9.18 Å². The highest BCUT2D eigenvalue weighted by Crippen LogP contribution is 2.30. The van der Waals surface area contributed by atoms with E-state index in [-0.39, 0.29) is 17.6 Å². The number of nitrogens with zero attached hydrogens (tertiary/aromatic N) is 3. The molecule has 3 heterocycles. The highest BCUT2D eigenvalue weighted by atomic mass is 19.1. The van der Waals surface area contributed by atoms with Gasteiger partial charge in [0.05, 0.1) is 0 Å². The van der Waals surface area contributed by atoms with E-state index in [9.17, 15) is 9.18 Å². The molecule has 1 atom stereocenters. The van der Waals surface area contributed by atoms with Gasteiger partial charge in [0.2, 0.25) is 0 Å². The number of hydrogen-bond donors (Lipinski definition) is 0. The Morgan fingerprint density at radius 3 is 2.61 bits per heavy atom. The van der Waals surface area contributed by atoms with Gasteiger partial charge in [0.25, 0.3) is 5.91 Å². The topological polar surface area (TPSA) is 38.1 Å². The number of carbonyl (C=O) groups is 1. The van der Waals surface area contributed by atoms with Crippen molar-refractivity contribution in [2.75, 3.05) is 13.1 Å². The second-order valence-electron chi connectivity index (χ2n) is 8.91. The first-order chi connectivity index (χ1) is 15.2. The van der Waals surface area contributed by atoms with Gasteiger partial charge < -0.3 is 9.47 Å². The average molecular weight is 418 g/mol. The molecule has 1 unspecified atom stereocenters. The molecule has 2 aromatic carbocycles. The van der Waals surface area contributed by atoms with Gasteiger partial charge in [-0.15, -0.1) is 0 Å². The van der Waals surface area contributed by atoms with E-state index in [2.05, 4.69) is 39.9 Å².